The zero-order valence-electron chi connectivity index (χ0n) is 11.9. The molecule has 0 bridgehead atoms. The van der Waals surface area contributed by atoms with E-state index in [1.165, 1.54) is 6.42 Å². The molecule has 17 heavy (non-hydrogen) atoms. The van der Waals surface area contributed by atoms with Crippen molar-refractivity contribution in [1.82, 2.24) is 9.80 Å². The molecular weight excluding hydrogens is 214 g/mol. The summed E-state index contributed by atoms with van der Waals surface area (Å²) in [7, 11) is 3.95. The fourth-order valence-electron chi connectivity index (χ4n) is 2.91. The summed E-state index contributed by atoms with van der Waals surface area (Å²) >= 11 is 0. The maximum absolute atomic E-state index is 6.09. The predicted molar refractivity (Wildman–Crippen MR) is 72.2 cm³/mol. The molecule has 0 saturated carbocycles. The number of hydrogen-bond acceptors (Lipinski definition) is 4. The lowest BCUT2D eigenvalue weighted by Crippen LogP contribution is -2.59. The molecule has 0 aromatic carbocycles. The molecular formula is C13H29N3O. The molecule has 2 atom stereocenters. The molecule has 0 aromatic rings. The van der Waals surface area contributed by atoms with Gasteiger partial charge in [0, 0.05) is 38.3 Å². The molecule has 2 N–H and O–H groups in total. The highest BCUT2D eigenvalue weighted by molar-refractivity contribution is 5.00. The van der Waals surface area contributed by atoms with E-state index in [9.17, 15) is 0 Å². The standard InChI is InChI=1S/C13H29N3O/c1-5-12(2)16(8-9-17-4)13(10-14)6-7-15(3)11-13/h12H,5-11,14H2,1-4H3. The maximum atomic E-state index is 6.09. The Balaban J connectivity index is 2.78. The van der Waals surface area contributed by atoms with Gasteiger partial charge in [0.1, 0.15) is 0 Å². The Morgan fingerprint density at radius 2 is 2.24 bits per heavy atom. The number of likely N-dealkylation sites (N-methyl/N-ethyl adjacent to an activating group) is 1. The van der Waals surface area contributed by atoms with Crippen molar-refractivity contribution in [3.63, 3.8) is 0 Å². The summed E-state index contributed by atoms with van der Waals surface area (Å²) in [4.78, 5) is 4.95. The van der Waals surface area contributed by atoms with Gasteiger partial charge in [-0.15, -0.1) is 0 Å². The number of ether oxygens (including phenoxy) is 1. The van der Waals surface area contributed by atoms with E-state index in [0.29, 0.717) is 6.04 Å². The number of hydrogen-bond donors (Lipinski definition) is 1. The molecule has 4 nitrogen and oxygen atoms in total. The SMILES string of the molecule is CCC(C)N(CCOC)C1(CN)CCN(C)C1. The van der Waals surface area contributed by atoms with E-state index in [1.807, 2.05) is 0 Å². The lowest BCUT2D eigenvalue weighted by molar-refractivity contribution is 0.0332. The first-order chi connectivity index (χ1) is 8.09. The molecule has 1 aliphatic heterocycles. The van der Waals surface area contributed by atoms with Crippen molar-refractivity contribution in [2.75, 3.05) is 46.9 Å². The molecule has 1 rings (SSSR count). The quantitative estimate of drug-likeness (QED) is 0.717. The Hall–Kier alpha value is -0.160. The molecule has 0 amide bonds. The molecule has 1 saturated heterocycles. The summed E-state index contributed by atoms with van der Waals surface area (Å²) in [6, 6.07) is 0.570. The van der Waals surface area contributed by atoms with Crippen molar-refractivity contribution in [2.24, 2.45) is 5.73 Å². The minimum absolute atomic E-state index is 0.155. The lowest BCUT2D eigenvalue weighted by atomic mass is 9.93. The minimum Gasteiger partial charge on any atom is -0.383 e. The first kappa shape index (κ1) is 14.9. The van der Waals surface area contributed by atoms with E-state index in [2.05, 4.69) is 30.7 Å². The van der Waals surface area contributed by atoms with Crippen molar-refractivity contribution in [3.8, 4) is 0 Å². The third-order valence-electron chi connectivity index (χ3n) is 4.17. The van der Waals surface area contributed by atoms with Crippen LogP contribution in [0.1, 0.15) is 26.7 Å². The fraction of sp³-hybridized carbons (Fsp3) is 1.00. The van der Waals surface area contributed by atoms with Gasteiger partial charge < -0.3 is 15.4 Å². The predicted octanol–water partition coefficient (Wildman–Crippen LogP) is 0.766. The molecule has 4 heteroatoms. The van der Waals surface area contributed by atoms with Gasteiger partial charge in [-0.1, -0.05) is 6.92 Å². The van der Waals surface area contributed by atoms with E-state index in [1.54, 1.807) is 7.11 Å². The van der Waals surface area contributed by atoms with Gasteiger partial charge in [-0.25, -0.2) is 0 Å². The van der Waals surface area contributed by atoms with Crippen molar-refractivity contribution >= 4 is 0 Å². The normalized spacial score (nSPS) is 27.9. The summed E-state index contributed by atoms with van der Waals surface area (Å²) in [6.07, 6.45) is 2.34. The Bertz CT molecular complexity index is 225. The van der Waals surface area contributed by atoms with Crippen molar-refractivity contribution < 1.29 is 4.74 Å². The Labute approximate surface area is 106 Å². The Kier molecular flexibility index (Phi) is 5.86. The molecule has 0 aliphatic carbocycles. The van der Waals surface area contributed by atoms with Crippen molar-refractivity contribution in [2.45, 2.75) is 38.3 Å². The average molecular weight is 243 g/mol. The van der Waals surface area contributed by atoms with Gasteiger partial charge in [-0.3, -0.25) is 4.90 Å². The lowest BCUT2D eigenvalue weighted by Gasteiger charge is -2.44. The zero-order chi connectivity index (χ0) is 12.9. The number of rotatable bonds is 7. The van der Waals surface area contributed by atoms with Crippen LogP contribution in [-0.2, 0) is 4.74 Å². The number of likely N-dealkylation sites (tertiary alicyclic amines) is 1. The van der Waals surface area contributed by atoms with E-state index in [0.717, 1.165) is 39.2 Å². The smallest absolute Gasteiger partial charge is 0.0590 e. The highest BCUT2D eigenvalue weighted by atomic mass is 16.5. The first-order valence-corrected chi connectivity index (χ1v) is 6.74. The highest BCUT2D eigenvalue weighted by Gasteiger charge is 2.42. The Morgan fingerprint density at radius 3 is 2.65 bits per heavy atom. The molecule has 0 radical (unpaired) electrons. The topological polar surface area (TPSA) is 41.7 Å². The van der Waals surface area contributed by atoms with Gasteiger partial charge in [0.25, 0.3) is 0 Å². The third-order valence-corrected chi connectivity index (χ3v) is 4.17. The Morgan fingerprint density at radius 1 is 1.53 bits per heavy atom. The summed E-state index contributed by atoms with van der Waals surface area (Å²) in [5.74, 6) is 0. The second-order valence-corrected chi connectivity index (χ2v) is 5.36. The number of methoxy groups -OCH3 is 1. The molecule has 0 spiro atoms. The number of nitrogens with zero attached hydrogens (tertiary/aromatic N) is 2. The van der Waals surface area contributed by atoms with Crippen LogP contribution in [0.3, 0.4) is 0 Å². The van der Waals surface area contributed by atoms with Crippen LogP contribution in [0.4, 0.5) is 0 Å². The molecule has 0 aromatic heterocycles. The summed E-state index contributed by atoms with van der Waals surface area (Å²) in [5, 5.41) is 0. The summed E-state index contributed by atoms with van der Waals surface area (Å²) in [5.41, 5.74) is 6.24. The molecule has 1 heterocycles. The van der Waals surface area contributed by atoms with Crippen LogP contribution in [0.25, 0.3) is 0 Å². The minimum atomic E-state index is 0.155. The molecule has 2 unspecified atom stereocenters. The van der Waals surface area contributed by atoms with Gasteiger partial charge in [0.15, 0.2) is 0 Å². The second-order valence-electron chi connectivity index (χ2n) is 5.36. The van der Waals surface area contributed by atoms with E-state index >= 15 is 0 Å². The summed E-state index contributed by atoms with van der Waals surface area (Å²) < 4.78 is 5.25. The van der Waals surface area contributed by atoms with Gasteiger partial charge >= 0.3 is 0 Å². The van der Waals surface area contributed by atoms with Crippen LogP contribution in [0, 0.1) is 0 Å². The van der Waals surface area contributed by atoms with Crippen LogP contribution in [0.2, 0.25) is 0 Å². The largest absolute Gasteiger partial charge is 0.383 e. The first-order valence-electron chi connectivity index (χ1n) is 6.74. The van der Waals surface area contributed by atoms with Crippen molar-refractivity contribution in [3.05, 3.63) is 0 Å². The van der Waals surface area contributed by atoms with Gasteiger partial charge in [0.05, 0.1) is 6.61 Å². The van der Waals surface area contributed by atoms with Gasteiger partial charge in [-0.05, 0) is 33.4 Å². The second kappa shape index (κ2) is 6.69. The fourth-order valence-corrected chi connectivity index (χ4v) is 2.91. The van der Waals surface area contributed by atoms with Crippen LogP contribution in [-0.4, -0.2) is 68.3 Å². The molecule has 1 fully saturated rings. The maximum Gasteiger partial charge on any atom is 0.0590 e. The van der Waals surface area contributed by atoms with E-state index in [4.69, 9.17) is 10.5 Å². The number of nitrogens with two attached hydrogens (primary N) is 1. The summed E-state index contributed by atoms with van der Waals surface area (Å²) in [6.45, 7) is 9.28. The van der Waals surface area contributed by atoms with Crippen LogP contribution in [0.5, 0.6) is 0 Å². The highest BCUT2D eigenvalue weighted by Crippen LogP contribution is 2.28. The third kappa shape index (κ3) is 3.41. The van der Waals surface area contributed by atoms with E-state index < -0.39 is 0 Å². The molecule has 1 aliphatic rings. The molecule has 102 valence electrons. The average Bonchev–Trinajstić information content (AvgIpc) is 2.72. The van der Waals surface area contributed by atoms with Crippen LogP contribution >= 0.6 is 0 Å². The van der Waals surface area contributed by atoms with Gasteiger partial charge in [-0.2, -0.15) is 0 Å². The van der Waals surface area contributed by atoms with E-state index in [-0.39, 0.29) is 5.54 Å². The van der Waals surface area contributed by atoms with Gasteiger partial charge in [0.2, 0.25) is 0 Å². The van der Waals surface area contributed by atoms with Crippen LogP contribution in [0.15, 0.2) is 0 Å². The monoisotopic (exact) mass is 243 g/mol. The van der Waals surface area contributed by atoms with Crippen molar-refractivity contribution in [1.29, 1.82) is 0 Å². The van der Waals surface area contributed by atoms with Crippen LogP contribution < -0.4 is 5.73 Å². The zero-order valence-corrected chi connectivity index (χ0v) is 11.9.